The first-order valence-corrected chi connectivity index (χ1v) is 8.30. The Kier molecular flexibility index (Phi) is 6.61. The van der Waals surface area contributed by atoms with Gasteiger partial charge >= 0.3 is 0 Å². The van der Waals surface area contributed by atoms with E-state index in [1.165, 1.54) is 0 Å². The summed E-state index contributed by atoms with van der Waals surface area (Å²) in [5.74, 6) is 1.68. The minimum absolute atomic E-state index is 0.0214. The number of amides is 1. The number of methoxy groups -OCH3 is 1. The molecule has 0 spiro atoms. The van der Waals surface area contributed by atoms with Crippen LogP contribution in [0, 0.1) is 0 Å². The van der Waals surface area contributed by atoms with E-state index < -0.39 is 0 Å². The number of hydrogen-bond donors (Lipinski definition) is 1. The molecule has 5 nitrogen and oxygen atoms in total. The molecule has 0 aliphatic carbocycles. The van der Waals surface area contributed by atoms with Crippen molar-refractivity contribution in [3.63, 3.8) is 0 Å². The van der Waals surface area contributed by atoms with Crippen LogP contribution in [0.1, 0.15) is 29.8 Å². The SMILES string of the molecule is CCN(CC)C(=O)c1ccc(NCCc2ccccc2OC)nc1. The largest absolute Gasteiger partial charge is 0.496 e. The van der Waals surface area contributed by atoms with Crippen molar-refractivity contribution in [2.24, 2.45) is 0 Å². The Bertz CT molecular complexity index is 652. The smallest absolute Gasteiger partial charge is 0.255 e. The number of carbonyl (C=O) groups is 1. The van der Waals surface area contributed by atoms with Gasteiger partial charge in [0.05, 0.1) is 12.7 Å². The average molecular weight is 327 g/mol. The number of nitrogens with one attached hydrogen (secondary N) is 1. The lowest BCUT2D eigenvalue weighted by molar-refractivity contribution is 0.0772. The summed E-state index contributed by atoms with van der Waals surface area (Å²) in [6.45, 7) is 6.10. The number of aromatic nitrogens is 1. The molecule has 0 atom stereocenters. The lowest BCUT2D eigenvalue weighted by Crippen LogP contribution is -2.30. The normalized spacial score (nSPS) is 10.3. The Morgan fingerprint density at radius 1 is 1.17 bits per heavy atom. The Hall–Kier alpha value is -2.56. The first-order valence-electron chi connectivity index (χ1n) is 8.30. The summed E-state index contributed by atoms with van der Waals surface area (Å²) in [4.78, 5) is 18.4. The molecule has 0 aliphatic heterocycles. The molecule has 5 heteroatoms. The number of hydrogen-bond acceptors (Lipinski definition) is 4. The number of para-hydroxylation sites is 1. The Morgan fingerprint density at radius 2 is 1.92 bits per heavy atom. The first kappa shape index (κ1) is 17.8. The van der Waals surface area contributed by atoms with Crippen LogP contribution in [0.2, 0.25) is 0 Å². The van der Waals surface area contributed by atoms with E-state index in [1.807, 2.05) is 44.2 Å². The van der Waals surface area contributed by atoms with E-state index in [9.17, 15) is 4.79 Å². The maximum absolute atomic E-state index is 12.2. The van der Waals surface area contributed by atoms with Crippen molar-refractivity contribution in [1.29, 1.82) is 0 Å². The molecule has 0 saturated carbocycles. The molecule has 2 rings (SSSR count). The van der Waals surface area contributed by atoms with E-state index in [4.69, 9.17) is 4.74 Å². The van der Waals surface area contributed by atoms with Crippen LogP contribution in [-0.2, 0) is 6.42 Å². The highest BCUT2D eigenvalue weighted by atomic mass is 16.5. The van der Waals surface area contributed by atoms with Crippen LogP contribution >= 0.6 is 0 Å². The lowest BCUT2D eigenvalue weighted by Gasteiger charge is -2.18. The molecule has 0 saturated heterocycles. The monoisotopic (exact) mass is 327 g/mol. The fourth-order valence-electron chi connectivity index (χ4n) is 2.55. The summed E-state index contributed by atoms with van der Waals surface area (Å²) < 4.78 is 5.35. The van der Waals surface area contributed by atoms with Gasteiger partial charge in [-0.3, -0.25) is 4.79 Å². The summed E-state index contributed by atoms with van der Waals surface area (Å²) in [5.41, 5.74) is 1.77. The van der Waals surface area contributed by atoms with E-state index >= 15 is 0 Å². The second-order valence-electron chi connectivity index (χ2n) is 5.40. The van der Waals surface area contributed by atoms with Gasteiger partial charge < -0.3 is 15.0 Å². The van der Waals surface area contributed by atoms with E-state index in [1.54, 1.807) is 18.2 Å². The van der Waals surface area contributed by atoms with Gasteiger partial charge in [0.15, 0.2) is 0 Å². The highest BCUT2D eigenvalue weighted by Gasteiger charge is 2.12. The number of benzene rings is 1. The molecule has 1 N–H and O–H groups in total. The minimum atomic E-state index is 0.0214. The van der Waals surface area contributed by atoms with Crippen LogP contribution in [-0.4, -0.2) is 42.5 Å². The molecule has 24 heavy (non-hydrogen) atoms. The highest BCUT2D eigenvalue weighted by molar-refractivity contribution is 5.94. The van der Waals surface area contributed by atoms with Gasteiger partial charge in [-0.15, -0.1) is 0 Å². The van der Waals surface area contributed by atoms with Crippen molar-refractivity contribution in [2.75, 3.05) is 32.1 Å². The van der Waals surface area contributed by atoms with Gasteiger partial charge in [0.2, 0.25) is 0 Å². The average Bonchev–Trinajstić information content (AvgIpc) is 2.63. The molecule has 0 aliphatic rings. The zero-order valence-electron chi connectivity index (χ0n) is 14.6. The van der Waals surface area contributed by atoms with Crippen molar-refractivity contribution in [2.45, 2.75) is 20.3 Å². The second-order valence-corrected chi connectivity index (χ2v) is 5.40. The number of ether oxygens (including phenoxy) is 1. The zero-order chi connectivity index (χ0) is 17.4. The molecule has 128 valence electrons. The van der Waals surface area contributed by atoms with Crippen molar-refractivity contribution in [1.82, 2.24) is 9.88 Å². The third-order valence-electron chi connectivity index (χ3n) is 3.95. The Labute approximate surface area is 143 Å². The van der Waals surface area contributed by atoms with E-state index in [0.717, 1.165) is 30.1 Å². The van der Waals surface area contributed by atoms with Crippen molar-refractivity contribution in [3.8, 4) is 5.75 Å². The molecule has 1 heterocycles. The summed E-state index contributed by atoms with van der Waals surface area (Å²) in [7, 11) is 1.68. The Balaban J connectivity index is 1.91. The molecule has 1 aromatic carbocycles. The summed E-state index contributed by atoms with van der Waals surface area (Å²) in [5, 5.41) is 3.28. The predicted molar refractivity (Wildman–Crippen MR) is 96.7 cm³/mol. The van der Waals surface area contributed by atoms with Gasteiger partial charge in [-0.05, 0) is 44.0 Å². The molecule has 0 fully saturated rings. The maximum Gasteiger partial charge on any atom is 0.255 e. The third kappa shape index (κ3) is 4.47. The van der Waals surface area contributed by atoms with Crippen LogP contribution in [0.5, 0.6) is 5.75 Å². The van der Waals surface area contributed by atoms with Crippen LogP contribution in [0.15, 0.2) is 42.6 Å². The maximum atomic E-state index is 12.2. The second kappa shape index (κ2) is 8.91. The van der Waals surface area contributed by atoms with Gasteiger partial charge in [0, 0.05) is 25.8 Å². The van der Waals surface area contributed by atoms with Crippen LogP contribution < -0.4 is 10.1 Å². The molecule has 0 radical (unpaired) electrons. The molecule has 1 amide bonds. The Morgan fingerprint density at radius 3 is 2.54 bits per heavy atom. The van der Waals surface area contributed by atoms with Crippen LogP contribution in [0.25, 0.3) is 0 Å². The standard InChI is InChI=1S/C19H25N3O2/c1-4-22(5-2)19(23)16-10-11-18(21-14-16)20-13-12-15-8-6-7-9-17(15)24-3/h6-11,14H,4-5,12-13H2,1-3H3,(H,20,21). The summed E-state index contributed by atoms with van der Waals surface area (Å²) in [6.07, 6.45) is 2.47. The van der Waals surface area contributed by atoms with E-state index in [0.29, 0.717) is 18.7 Å². The van der Waals surface area contributed by atoms with E-state index in [2.05, 4.69) is 16.4 Å². The number of nitrogens with zero attached hydrogens (tertiary/aromatic N) is 2. The molecule has 0 bridgehead atoms. The summed E-state index contributed by atoms with van der Waals surface area (Å²) in [6, 6.07) is 11.6. The van der Waals surface area contributed by atoms with Gasteiger partial charge in [-0.1, -0.05) is 18.2 Å². The van der Waals surface area contributed by atoms with Gasteiger partial charge in [-0.2, -0.15) is 0 Å². The number of carbonyl (C=O) groups excluding carboxylic acids is 1. The molecular weight excluding hydrogens is 302 g/mol. The lowest BCUT2D eigenvalue weighted by atomic mass is 10.1. The van der Waals surface area contributed by atoms with Crippen molar-refractivity contribution >= 4 is 11.7 Å². The number of anilines is 1. The first-order chi connectivity index (χ1) is 11.7. The predicted octanol–water partition coefficient (Wildman–Crippen LogP) is 3.23. The highest BCUT2D eigenvalue weighted by Crippen LogP contribution is 2.17. The fraction of sp³-hybridized carbons (Fsp3) is 0.368. The topological polar surface area (TPSA) is 54.5 Å². The van der Waals surface area contributed by atoms with E-state index in [-0.39, 0.29) is 5.91 Å². The molecule has 1 aromatic heterocycles. The van der Waals surface area contributed by atoms with Crippen LogP contribution in [0.3, 0.4) is 0 Å². The molecular formula is C19H25N3O2. The number of rotatable bonds is 8. The summed E-state index contributed by atoms with van der Waals surface area (Å²) >= 11 is 0. The van der Waals surface area contributed by atoms with Crippen molar-refractivity contribution in [3.05, 3.63) is 53.7 Å². The fourth-order valence-corrected chi connectivity index (χ4v) is 2.55. The molecule has 2 aromatic rings. The third-order valence-corrected chi connectivity index (χ3v) is 3.95. The van der Waals surface area contributed by atoms with Crippen molar-refractivity contribution < 1.29 is 9.53 Å². The quantitative estimate of drug-likeness (QED) is 0.809. The van der Waals surface area contributed by atoms with Gasteiger partial charge in [0.25, 0.3) is 5.91 Å². The molecule has 0 unspecified atom stereocenters. The van der Waals surface area contributed by atoms with Crippen LogP contribution in [0.4, 0.5) is 5.82 Å². The van der Waals surface area contributed by atoms with Gasteiger partial charge in [-0.25, -0.2) is 4.98 Å². The number of pyridine rings is 1. The minimum Gasteiger partial charge on any atom is -0.496 e. The van der Waals surface area contributed by atoms with Gasteiger partial charge in [0.1, 0.15) is 11.6 Å². The zero-order valence-corrected chi connectivity index (χ0v) is 14.6.